The first-order chi connectivity index (χ1) is 8.80. The van der Waals surface area contributed by atoms with Crippen LogP contribution in [-0.2, 0) is 11.0 Å². The fraction of sp³-hybridized carbons (Fsp3) is 0.400. The van der Waals surface area contributed by atoms with Crippen molar-refractivity contribution < 1.29 is 22.9 Å². The molecule has 1 aromatic rings. The van der Waals surface area contributed by atoms with Crippen molar-refractivity contribution in [2.24, 2.45) is 0 Å². The van der Waals surface area contributed by atoms with Gasteiger partial charge in [-0.2, -0.15) is 13.2 Å². The molecule has 0 atom stereocenters. The number of anilines is 1. The standard InChI is InChI=1S/C10H8F3N3O3/c11-10(12,13)7-4-6(16(18)19)5-14-9(7)15-3-1-2-8(15)17/h4-5H,1-3H2. The molecule has 0 aliphatic carbocycles. The number of rotatable bonds is 2. The lowest BCUT2D eigenvalue weighted by molar-refractivity contribution is -0.385. The van der Waals surface area contributed by atoms with Gasteiger partial charge in [-0.3, -0.25) is 19.8 Å². The highest BCUT2D eigenvalue weighted by Crippen LogP contribution is 2.38. The van der Waals surface area contributed by atoms with E-state index < -0.39 is 34.1 Å². The van der Waals surface area contributed by atoms with Crippen LogP contribution in [0.2, 0.25) is 0 Å². The molecule has 1 amide bonds. The summed E-state index contributed by atoms with van der Waals surface area (Å²) in [6.45, 7) is 0.132. The molecule has 1 saturated heterocycles. The largest absolute Gasteiger partial charge is 0.420 e. The number of nitro groups is 1. The molecule has 102 valence electrons. The van der Waals surface area contributed by atoms with E-state index in [9.17, 15) is 28.1 Å². The van der Waals surface area contributed by atoms with Crippen LogP contribution in [0.15, 0.2) is 12.3 Å². The van der Waals surface area contributed by atoms with E-state index >= 15 is 0 Å². The van der Waals surface area contributed by atoms with E-state index in [4.69, 9.17) is 0 Å². The molecule has 0 unspecified atom stereocenters. The maximum absolute atomic E-state index is 12.9. The molecular formula is C10H8F3N3O3. The van der Waals surface area contributed by atoms with E-state index in [-0.39, 0.29) is 13.0 Å². The van der Waals surface area contributed by atoms with Gasteiger partial charge in [0.15, 0.2) is 0 Å². The average Bonchev–Trinajstić information content (AvgIpc) is 2.73. The molecular weight excluding hydrogens is 267 g/mol. The van der Waals surface area contributed by atoms with Gasteiger partial charge in [0, 0.05) is 19.0 Å². The highest BCUT2D eigenvalue weighted by molar-refractivity contribution is 5.95. The fourth-order valence-corrected chi connectivity index (χ4v) is 1.84. The smallest absolute Gasteiger partial charge is 0.296 e. The summed E-state index contributed by atoms with van der Waals surface area (Å²) in [6, 6.07) is 0.397. The van der Waals surface area contributed by atoms with Crippen molar-refractivity contribution in [3.05, 3.63) is 27.9 Å². The summed E-state index contributed by atoms with van der Waals surface area (Å²) < 4.78 is 38.6. The van der Waals surface area contributed by atoms with Gasteiger partial charge in [-0.15, -0.1) is 0 Å². The van der Waals surface area contributed by atoms with Crippen molar-refractivity contribution in [3.8, 4) is 0 Å². The van der Waals surface area contributed by atoms with Crippen molar-refractivity contribution >= 4 is 17.4 Å². The maximum atomic E-state index is 12.9. The van der Waals surface area contributed by atoms with E-state index in [1.807, 2.05) is 0 Å². The lowest BCUT2D eigenvalue weighted by atomic mass is 10.2. The molecule has 0 saturated carbocycles. The molecule has 9 heteroatoms. The molecule has 6 nitrogen and oxygen atoms in total. The van der Waals surface area contributed by atoms with Crippen molar-refractivity contribution in [3.63, 3.8) is 0 Å². The number of carbonyl (C=O) groups is 1. The Kier molecular flexibility index (Phi) is 3.13. The number of alkyl halides is 3. The molecule has 0 radical (unpaired) electrons. The van der Waals surface area contributed by atoms with Gasteiger partial charge >= 0.3 is 6.18 Å². The van der Waals surface area contributed by atoms with E-state index in [0.29, 0.717) is 12.5 Å². The van der Waals surface area contributed by atoms with Crippen molar-refractivity contribution in [1.29, 1.82) is 0 Å². The molecule has 1 aliphatic rings. The number of hydrogen-bond donors (Lipinski definition) is 0. The van der Waals surface area contributed by atoms with Crippen LogP contribution in [0, 0.1) is 10.1 Å². The zero-order chi connectivity index (χ0) is 14.2. The van der Waals surface area contributed by atoms with Gasteiger partial charge in [0.1, 0.15) is 17.6 Å². The van der Waals surface area contributed by atoms with Gasteiger partial charge in [0.05, 0.1) is 4.92 Å². The third-order valence-electron chi connectivity index (χ3n) is 2.70. The van der Waals surface area contributed by atoms with Gasteiger partial charge in [-0.1, -0.05) is 0 Å². The van der Waals surface area contributed by atoms with E-state index in [0.717, 1.165) is 11.1 Å². The molecule has 0 aromatic carbocycles. The first kappa shape index (κ1) is 13.2. The third-order valence-corrected chi connectivity index (χ3v) is 2.70. The van der Waals surface area contributed by atoms with Crippen LogP contribution in [0.4, 0.5) is 24.7 Å². The van der Waals surface area contributed by atoms with Crippen LogP contribution in [-0.4, -0.2) is 22.4 Å². The Morgan fingerprint density at radius 1 is 1.42 bits per heavy atom. The van der Waals surface area contributed by atoms with Gasteiger partial charge in [0.25, 0.3) is 5.69 Å². The van der Waals surface area contributed by atoms with Crippen molar-refractivity contribution in [1.82, 2.24) is 4.98 Å². The Hall–Kier alpha value is -2.19. The highest BCUT2D eigenvalue weighted by Gasteiger charge is 2.39. The number of pyridine rings is 1. The van der Waals surface area contributed by atoms with Gasteiger partial charge in [0.2, 0.25) is 5.91 Å². The van der Waals surface area contributed by atoms with Crippen LogP contribution < -0.4 is 4.90 Å². The first-order valence-electron chi connectivity index (χ1n) is 5.32. The summed E-state index contributed by atoms with van der Waals surface area (Å²) in [5, 5.41) is 10.5. The second kappa shape index (κ2) is 4.48. The van der Waals surface area contributed by atoms with Crippen LogP contribution in [0.1, 0.15) is 18.4 Å². The summed E-state index contributed by atoms with van der Waals surface area (Å²) in [7, 11) is 0. The Morgan fingerprint density at radius 2 is 2.11 bits per heavy atom. The normalized spacial score (nSPS) is 15.9. The van der Waals surface area contributed by atoms with Crippen LogP contribution in [0.25, 0.3) is 0 Å². The fourth-order valence-electron chi connectivity index (χ4n) is 1.84. The molecule has 0 spiro atoms. The lowest BCUT2D eigenvalue weighted by Gasteiger charge is -2.19. The quantitative estimate of drug-likeness (QED) is 0.612. The number of hydrogen-bond acceptors (Lipinski definition) is 4. The average molecular weight is 275 g/mol. The Labute approximate surface area is 105 Å². The van der Waals surface area contributed by atoms with E-state index in [1.54, 1.807) is 0 Å². The summed E-state index contributed by atoms with van der Waals surface area (Å²) >= 11 is 0. The predicted molar refractivity (Wildman–Crippen MR) is 57.5 cm³/mol. The summed E-state index contributed by atoms with van der Waals surface area (Å²) in [6.07, 6.45) is -3.50. The molecule has 1 aromatic heterocycles. The molecule has 0 N–H and O–H groups in total. The predicted octanol–water partition coefficient (Wildman–Crippen LogP) is 2.14. The number of carbonyl (C=O) groups excluding carboxylic acids is 1. The number of halogens is 3. The van der Waals surface area contributed by atoms with Crippen LogP contribution in [0.5, 0.6) is 0 Å². The zero-order valence-corrected chi connectivity index (χ0v) is 9.48. The maximum Gasteiger partial charge on any atom is 0.420 e. The second-order valence-electron chi connectivity index (χ2n) is 3.97. The van der Waals surface area contributed by atoms with E-state index in [2.05, 4.69) is 4.98 Å². The SMILES string of the molecule is O=C1CCCN1c1ncc([N+](=O)[O-])cc1C(F)(F)F. The molecule has 0 bridgehead atoms. The minimum Gasteiger partial charge on any atom is -0.296 e. The monoisotopic (exact) mass is 275 g/mol. The Balaban J connectivity index is 2.54. The van der Waals surface area contributed by atoms with Gasteiger partial charge in [-0.05, 0) is 6.42 Å². The number of aromatic nitrogens is 1. The summed E-state index contributed by atoms with van der Waals surface area (Å²) in [5.41, 5.74) is -2.03. The van der Waals surface area contributed by atoms with Crippen LogP contribution in [0.3, 0.4) is 0 Å². The topological polar surface area (TPSA) is 76.3 Å². The summed E-state index contributed by atoms with van der Waals surface area (Å²) in [4.78, 5) is 25.3. The Morgan fingerprint density at radius 3 is 2.58 bits per heavy atom. The van der Waals surface area contributed by atoms with Gasteiger partial charge in [-0.25, -0.2) is 4.98 Å². The van der Waals surface area contributed by atoms with Crippen LogP contribution >= 0.6 is 0 Å². The number of nitrogens with zero attached hydrogens (tertiary/aromatic N) is 3. The first-order valence-corrected chi connectivity index (χ1v) is 5.32. The number of amides is 1. The van der Waals surface area contributed by atoms with Crippen molar-refractivity contribution in [2.75, 3.05) is 11.4 Å². The lowest BCUT2D eigenvalue weighted by Crippen LogP contribution is -2.28. The molecule has 1 aliphatic heterocycles. The summed E-state index contributed by atoms with van der Waals surface area (Å²) in [5.74, 6) is -1.03. The minimum absolute atomic E-state index is 0.132. The Bertz CT molecular complexity index is 545. The second-order valence-corrected chi connectivity index (χ2v) is 3.97. The van der Waals surface area contributed by atoms with Crippen molar-refractivity contribution in [2.45, 2.75) is 19.0 Å². The van der Waals surface area contributed by atoms with E-state index in [1.165, 1.54) is 0 Å². The highest BCUT2D eigenvalue weighted by atomic mass is 19.4. The molecule has 2 heterocycles. The third kappa shape index (κ3) is 2.49. The van der Waals surface area contributed by atoms with Gasteiger partial charge < -0.3 is 0 Å². The molecule has 2 rings (SSSR count). The molecule has 19 heavy (non-hydrogen) atoms. The minimum atomic E-state index is -4.81. The zero-order valence-electron chi connectivity index (χ0n) is 9.48. The molecule has 1 fully saturated rings.